The first-order valence-electron chi connectivity index (χ1n) is 6.98. The zero-order chi connectivity index (χ0) is 14.8. The summed E-state index contributed by atoms with van der Waals surface area (Å²) in [5.41, 5.74) is 4.11. The number of hydrogen-bond acceptors (Lipinski definition) is 2. The van der Waals surface area contributed by atoms with Crippen LogP contribution in [0, 0.1) is 5.82 Å². The number of halogens is 1. The van der Waals surface area contributed by atoms with Crippen molar-refractivity contribution < 1.29 is 9.18 Å². The number of aromatic amines is 1. The molecule has 0 fully saturated rings. The maximum absolute atomic E-state index is 13.6. The number of benzene rings is 1. The lowest BCUT2D eigenvalue weighted by molar-refractivity contribution is -0.111. The SMILES string of the molecule is C=CC(=O)Nc1ccc(F)cc1-c1n[nH]c2c1CCCC2. The van der Waals surface area contributed by atoms with Crippen molar-refractivity contribution in [3.63, 3.8) is 0 Å². The summed E-state index contributed by atoms with van der Waals surface area (Å²) in [5, 5.41) is 10.1. The topological polar surface area (TPSA) is 57.8 Å². The van der Waals surface area contributed by atoms with Crippen LogP contribution in [0.4, 0.5) is 10.1 Å². The fourth-order valence-electron chi connectivity index (χ4n) is 2.71. The summed E-state index contributed by atoms with van der Waals surface area (Å²) in [6, 6.07) is 4.28. The van der Waals surface area contributed by atoms with Gasteiger partial charge in [0.1, 0.15) is 5.82 Å². The van der Waals surface area contributed by atoms with Gasteiger partial charge in [0.25, 0.3) is 0 Å². The molecule has 1 aromatic heterocycles. The number of aromatic nitrogens is 2. The maximum atomic E-state index is 13.6. The lowest BCUT2D eigenvalue weighted by Crippen LogP contribution is -2.09. The number of hydrogen-bond donors (Lipinski definition) is 2. The molecule has 4 nitrogen and oxygen atoms in total. The molecule has 0 aliphatic heterocycles. The summed E-state index contributed by atoms with van der Waals surface area (Å²) < 4.78 is 13.6. The molecule has 2 aromatic rings. The first-order chi connectivity index (χ1) is 10.2. The van der Waals surface area contributed by atoms with Crippen LogP contribution in [0.3, 0.4) is 0 Å². The molecule has 1 aliphatic rings. The predicted molar refractivity (Wildman–Crippen MR) is 79.5 cm³/mol. The molecule has 0 saturated heterocycles. The number of nitrogens with one attached hydrogen (secondary N) is 2. The summed E-state index contributed by atoms with van der Waals surface area (Å²) in [5.74, 6) is -0.679. The van der Waals surface area contributed by atoms with Gasteiger partial charge < -0.3 is 5.32 Å². The summed E-state index contributed by atoms with van der Waals surface area (Å²) in [6.07, 6.45) is 5.31. The molecule has 0 spiro atoms. The molecule has 1 aliphatic carbocycles. The van der Waals surface area contributed by atoms with E-state index >= 15 is 0 Å². The number of carbonyl (C=O) groups excluding carboxylic acids is 1. The first kappa shape index (κ1) is 13.5. The lowest BCUT2D eigenvalue weighted by atomic mass is 9.93. The van der Waals surface area contributed by atoms with Crippen LogP contribution in [0.25, 0.3) is 11.3 Å². The molecular formula is C16H16FN3O. The van der Waals surface area contributed by atoms with E-state index in [4.69, 9.17) is 0 Å². The minimum atomic E-state index is -0.353. The molecule has 3 rings (SSSR count). The monoisotopic (exact) mass is 285 g/mol. The Balaban J connectivity index is 2.08. The number of fused-ring (bicyclic) bond motifs is 1. The summed E-state index contributed by atoms with van der Waals surface area (Å²) in [6.45, 7) is 3.43. The average Bonchev–Trinajstić information content (AvgIpc) is 2.92. The smallest absolute Gasteiger partial charge is 0.247 e. The van der Waals surface area contributed by atoms with Crippen LogP contribution in [0.15, 0.2) is 30.9 Å². The Hall–Kier alpha value is -2.43. The van der Waals surface area contributed by atoms with Crippen LogP contribution in [0.1, 0.15) is 24.1 Å². The molecule has 0 saturated carbocycles. The number of H-pyrrole nitrogens is 1. The van der Waals surface area contributed by atoms with E-state index in [1.165, 1.54) is 18.2 Å². The highest BCUT2D eigenvalue weighted by Crippen LogP contribution is 2.34. The van der Waals surface area contributed by atoms with Crippen molar-refractivity contribution in [2.45, 2.75) is 25.7 Å². The Labute approximate surface area is 122 Å². The van der Waals surface area contributed by atoms with Crippen LogP contribution in [-0.4, -0.2) is 16.1 Å². The third kappa shape index (κ3) is 2.59. The minimum absolute atomic E-state index is 0.327. The molecule has 1 heterocycles. The molecule has 1 aromatic carbocycles. The zero-order valence-corrected chi connectivity index (χ0v) is 11.6. The molecule has 21 heavy (non-hydrogen) atoms. The van der Waals surface area contributed by atoms with Crippen molar-refractivity contribution >= 4 is 11.6 Å². The Morgan fingerprint density at radius 2 is 2.19 bits per heavy atom. The van der Waals surface area contributed by atoms with E-state index in [-0.39, 0.29) is 11.7 Å². The van der Waals surface area contributed by atoms with Gasteiger partial charge in [-0.2, -0.15) is 5.10 Å². The summed E-state index contributed by atoms with van der Waals surface area (Å²) >= 11 is 0. The van der Waals surface area contributed by atoms with Gasteiger partial charge in [0.2, 0.25) is 5.91 Å². The van der Waals surface area contributed by atoms with Gasteiger partial charge >= 0.3 is 0 Å². The van der Waals surface area contributed by atoms with Gasteiger partial charge in [-0.05, 0) is 50.0 Å². The van der Waals surface area contributed by atoms with Gasteiger partial charge in [0.15, 0.2) is 0 Å². The number of aryl methyl sites for hydroxylation is 1. The second-order valence-corrected chi connectivity index (χ2v) is 5.12. The molecule has 0 bridgehead atoms. The molecule has 2 N–H and O–H groups in total. The van der Waals surface area contributed by atoms with E-state index in [1.807, 2.05) is 0 Å². The van der Waals surface area contributed by atoms with Gasteiger partial charge in [0, 0.05) is 16.8 Å². The van der Waals surface area contributed by atoms with E-state index in [2.05, 4.69) is 22.1 Å². The van der Waals surface area contributed by atoms with Gasteiger partial charge in [-0.1, -0.05) is 6.58 Å². The third-order valence-electron chi connectivity index (χ3n) is 3.74. The number of anilines is 1. The first-order valence-corrected chi connectivity index (χ1v) is 6.98. The Morgan fingerprint density at radius 1 is 1.38 bits per heavy atom. The number of rotatable bonds is 3. The van der Waals surface area contributed by atoms with Crippen LogP contribution in [0.5, 0.6) is 0 Å². The van der Waals surface area contributed by atoms with Gasteiger partial charge in [-0.15, -0.1) is 0 Å². The van der Waals surface area contributed by atoms with Crippen molar-refractivity contribution in [3.05, 3.63) is 47.9 Å². The zero-order valence-electron chi connectivity index (χ0n) is 11.6. The lowest BCUT2D eigenvalue weighted by Gasteiger charge is -2.13. The Kier molecular flexibility index (Phi) is 3.56. The van der Waals surface area contributed by atoms with Gasteiger partial charge in [-0.3, -0.25) is 9.89 Å². The molecule has 1 amide bonds. The molecular weight excluding hydrogens is 269 g/mol. The average molecular weight is 285 g/mol. The highest BCUT2D eigenvalue weighted by atomic mass is 19.1. The van der Waals surface area contributed by atoms with Crippen molar-refractivity contribution in [1.29, 1.82) is 0 Å². The predicted octanol–water partition coefficient (Wildman–Crippen LogP) is 3.22. The fourth-order valence-corrected chi connectivity index (χ4v) is 2.71. The third-order valence-corrected chi connectivity index (χ3v) is 3.74. The van der Waals surface area contributed by atoms with Crippen LogP contribution in [-0.2, 0) is 17.6 Å². The highest BCUT2D eigenvalue weighted by Gasteiger charge is 2.20. The standard InChI is InChI=1S/C16H16FN3O/c1-2-15(21)18-13-8-7-10(17)9-12(13)16-11-5-3-4-6-14(11)19-20-16/h2,7-9H,1,3-6H2,(H,18,21)(H,19,20). The highest BCUT2D eigenvalue weighted by molar-refractivity contribution is 6.01. The Bertz CT molecular complexity index is 706. The van der Waals surface area contributed by atoms with E-state index in [0.29, 0.717) is 11.3 Å². The van der Waals surface area contributed by atoms with E-state index < -0.39 is 0 Å². The van der Waals surface area contributed by atoms with E-state index in [9.17, 15) is 9.18 Å². The van der Waals surface area contributed by atoms with Crippen molar-refractivity contribution in [3.8, 4) is 11.3 Å². The minimum Gasteiger partial charge on any atom is -0.322 e. The van der Waals surface area contributed by atoms with Crippen LogP contribution >= 0.6 is 0 Å². The number of carbonyl (C=O) groups is 1. The van der Waals surface area contributed by atoms with E-state index in [0.717, 1.165) is 42.6 Å². The second-order valence-electron chi connectivity index (χ2n) is 5.12. The largest absolute Gasteiger partial charge is 0.322 e. The number of nitrogens with zero attached hydrogens (tertiary/aromatic N) is 1. The molecule has 0 atom stereocenters. The van der Waals surface area contributed by atoms with Gasteiger partial charge in [0.05, 0.1) is 11.4 Å². The van der Waals surface area contributed by atoms with Crippen LogP contribution in [0.2, 0.25) is 0 Å². The maximum Gasteiger partial charge on any atom is 0.247 e. The molecule has 108 valence electrons. The number of amides is 1. The second kappa shape index (κ2) is 5.52. The van der Waals surface area contributed by atoms with Crippen molar-refractivity contribution in [2.75, 3.05) is 5.32 Å². The van der Waals surface area contributed by atoms with Crippen LogP contribution < -0.4 is 5.32 Å². The quantitative estimate of drug-likeness (QED) is 0.851. The fraction of sp³-hybridized carbons (Fsp3) is 0.250. The molecule has 5 heteroatoms. The van der Waals surface area contributed by atoms with Gasteiger partial charge in [-0.25, -0.2) is 4.39 Å². The normalized spacial score (nSPS) is 13.6. The summed E-state index contributed by atoms with van der Waals surface area (Å²) in [4.78, 5) is 11.5. The Morgan fingerprint density at radius 3 is 3.00 bits per heavy atom. The van der Waals surface area contributed by atoms with E-state index in [1.54, 1.807) is 6.07 Å². The van der Waals surface area contributed by atoms with Crippen molar-refractivity contribution in [1.82, 2.24) is 10.2 Å². The summed E-state index contributed by atoms with van der Waals surface area (Å²) in [7, 11) is 0. The molecule has 0 unspecified atom stereocenters. The molecule has 0 radical (unpaired) electrons. The van der Waals surface area contributed by atoms with Crippen molar-refractivity contribution in [2.24, 2.45) is 0 Å².